The van der Waals surface area contributed by atoms with Crippen molar-refractivity contribution in [2.24, 2.45) is 5.92 Å². The number of nitrogens with one attached hydrogen (secondary N) is 1. The molecule has 1 aromatic rings. The number of benzene rings is 1. The molecule has 0 fully saturated rings. The number of hydrogen-bond acceptors (Lipinski definition) is 4. The van der Waals surface area contributed by atoms with Crippen LogP contribution in [-0.2, 0) is 9.47 Å². The molecule has 0 aliphatic carbocycles. The molecule has 1 atom stereocenters. The SMILES string of the molecule is CCCCCCCCC(CCCNc1ccc(OC)cc1)C(C)(OCC)OCC. The Kier molecular flexibility index (Phi) is 13.8. The lowest BCUT2D eigenvalue weighted by Gasteiger charge is -2.37. The summed E-state index contributed by atoms with van der Waals surface area (Å²) in [6.45, 7) is 10.9. The van der Waals surface area contributed by atoms with Crippen molar-refractivity contribution < 1.29 is 14.2 Å². The van der Waals surface area contributed by atoms with Crippen LogP contribution in [0, 0.1) is 5.92 Å². The Morgan fingerprint density at radius 1 is 0.828 bits per heavy atom. The standard InChI is InChI=1S/C25H45NO3/c1-6-9-10-11-12-13-15-22(25(4,28-7-2)29-8-3)16-14-21-26-23-17-19-24(27-5)20-18-23/h17-20,22,26H,6-16,21H2,1-5H3. The third-order valence-electron chi connectivity index (χ3n) is 5.66. The fraction of sp³-hybridized carbons (Fsp3) is 0.760. The summed E-state index contributed by atoms with van der Waals surface area (Å²) in [5, 5.41) is 3.52. The highest BCUT2D eigenvalue weighted by Gasteiger charge is 2.34. The molecule has 1 aromatic carbocycles. The second kappa shape index (κ2) is 15.6. The molecule has 0 radical (unpaired) electrons. The summed E-state index contributed by atoms with van der Waals surface area (Å²) in [4.78, 5) is 0. The van der Waals surface area contributed by atoms with Gasteiger partial charge in [0.05, 0.1) is 7.11 Å². The number of unbranched alkanes of at least 4 members (excludes halogenated alkanes) is 5. The summed E-state index contributed by atoms with van der Waals surface area (Å²) in [5.41, 5.74) is 1.13. The third-order valence-corrected chi connectivity index (χ3v) is 5.66. The zero-order valence-electron chi connectivity index (χ0n) is 19.6. The fourth-order valence-electron chi connectivity index (χ4n) is 3.98. The maximum atomic E-state index is 6.11. The van der Waals surface area contributed by atoms with Crippen LogP contribution in [0.25, 0.3) is 0 Å². The smallest absolute Gasteiger partial charge is 0.168 e. The Hall–Kier alpha value is -1.26. The zero-order chi connectivity index (χ0) is 21.4. The van der Waals surface area contributed by atoms with Gasteiger partial charge in [-0.25, -0.2) is 0 Å². The predicted octanol–water partition coefficient (Wildman–Crippen LogP) is 7.04. The largest absolute Gasteiger partial charge is 0.497 e. The highest BCUT2D eigenvalue weighted by molar-refractivity contribution is 5.46. The van der Waals surface area contributed by atoms with Gasteiger partial charge in [0, 0.05) is 31.4 Å². The Labute approximate surface area is 179 Å². The highest BCUT2D eigenvalue weighted by atomic mass is 16.7. The van der Waals surface area contributed by atoms with Crippen molar-refractivity contribution in [2.45, 2.75) is 91.3 Å². The summed E-state index contributed by atoms with van der Waals surface area (Å²) in [6.07, 6.45) is 11.3. The van der Waals surface area contributed by atoms with Crippen molar-refractivity contribution in [3.05, 3.63) is 24.3 Å². The molecule has 0 saturated carbocycles. The zero-order valence-corrected chi connectivity index (χ0v) is 19.6. The normalized spacial score (nSPS) is 12.7. The van der Waals surface area contributed by atoms with Crippen LogP contribution >= 0.6 is 0 Å². The lowest BCUT2D eigenvalue weighted by Crippen LogP contribution is -2.41. The van der Waals surface area contributed by atoms with E-state index in [0.29, 0.717) is 19.1 Å². The van der Waals surface area contributed by atoms with Crippen LogP contribution in [0.15, 0.2) is 24.3 Å². The average Bonchev–Trinajstić information content (AvgIpc) is 2.72. The van der Waals surface area contributed by atoms with E-state index in [1.807, 2.05) is 12.1 Å². The van der Waals surface area contributed by atoms with Crippen molar-refractivity contribution in [1.29, 1.82) is 0 Å². The van der Waals surface area contributed by atoms with Crippen LogP contribution in [0.1, 0.15) is 85.5 Å². The van der Waals surface area contributed by atoms with E-state index >= 15 is 0 Å². The van der Waals surface area contributed by atoms with E-state index in [4.69, 9.17) is 14.2 Å². The van der Waals surface area contributed by atoms with E-state index in [2.05, 4.69) is 45.1 Å². The first-order valence-corrected chi connectivity index (χ1v) is 11.7. The average molecular weight is 408 g/mol. The van der Waals surface area contributed by atoms with Crippen molar-refractivity contribution in [3.8, 4) is 5.75 Å². The third kappa shape index (κ3) is 10.4. The van der Waals surface area contributed by atoms with E-state index in [0.717, 1.165) is 30.8 Å². The van der Waals surface area contributed by atoms with Gasteiger partial charge in [0.15, 0.2) is 5.79 Å². The molecular weight excluding hydrogens is 362 g/mol. The van der Waals surface area contributed by atoms with E-state index in [1.165, 1.54) is 44.9 Å². The van der Waals surface area contributed by atoms with Gasteiger partial charge in [-0.05, 0) is 64.3 Å². The van der Waals surface area contributed by atoms with Gasteiger partial charge in [0.25, 0.3) is 0 Å². The molecule has 0 saturated heterocycles. The molecule has 168 valence electrons. The van der Waals surface area contributed by atoms with E-state index in [1.54, 1.807) is 7.11 Å². The highest BCUT2D eigenvalue weighted by Crippen LogP contribution is 2.32. The van der Waals surface area contributed by atoms with Crippen LogP contribution < -0.4 is 10.1 Å². The van der Waals surface area contributed by atoms with Crippen LogP contribution in [0.5, 0.6) is 5.75 Å². The second-order valence-electron chi connectivity index (χ2n) is 7.93. The van der Waals surface area contributed by atoms with Gasteiger partial charge in [0.1, 0.15) is 5.75 Å². The molecule has 0 heterocycles. The summed E-state index contributed by atoms with van der Waals surface area (Å²) in [7, 11) is 1.69. The van der Waals surface area contributed by atoms with Crippen LogP contribution in [0.2, 0.25) is 0 Å². The van der Waals surface area contributed by atoms with Gasteiger partial charge in [-0.1, -0.05) is 45.4 Å². The van der Waals surface area contributed by atoms with Gasteiger partial charge in [0.2, 0.25) is 0 Å². The summed E-state index contributed by atoms with van der Waals surface area (Å²) in [5.74, 6) is 0.831. The molecule has 29 heavy (non-hydrogen) atoms. The molecular formula is C25H45NO3. The molecule has 0 aromatic heterocycles. The Bertz CT molecular complexity index is 497. The van der Waals surface area contributed by atoms with Gasteiger partial charge in [-0.15, -0.1) is 0 Å². The summed E-state index contributed by atoms with van der Waals surface area (Å²) >= 11 is 0. The van der Waals surface area contributed by atoms with Crippen LogP contribution in [0.4, 0.5) is 5.69 Å². The van der Waals surface area contributed by atoms with Gasteiger partial charge >= 0.3 is 0 Å². The van der Waals surface area contributed by atoms with Crippen LogP contribution in [0.3, 0.4) is 0 Å². The molecule has 0 aliphatic rings. The van der Waals surface area contributed by atoms with Crippen molar-refractivity contribution in [3.63, 3.8) is 0 Å². The summed E-state index contributed by atoms with van der Waals surface area (Å²) < 4.78 is 17.4. The predicted molar refractivity (Wildman–Crippen MR) is 124 cm³/mol. The molecule has 0 amide bonds. The Morgan fingerprint density at radius 2 is 1.41 bits per heavy atom. The van der Waals surface area contributed by atoms with Gasteiger partial charge in [-0.2, -0.15) is 0 Å². The molecule has 1 rings (SSSR count). The number of ether oxygens (including phenoxy) is 3. The molecule has 1 unspecified atom stereocenters. The number of anilines is 1. The monoisotopic (exact) mass is 407 g/mol. The topological polar surface area (TPSA) is 39.7 Å². The quantitative estimate of drug-likeness (QED) is 0.209. The number of rotatable bonds is 18. The molecule has 4 nitrogen and oxygen atoms in total. The fourth-order valence-corrected chi connectivity index (χ4v) is 3.98. The van der Waals surface area contributed by atoms with E-state index < -0.39 is 5.79 Å². The molecule has 0 aliphatic heterocycles. The van der Waals surface area contributed by atoms with Crippen molar-refractivity contribution >= 4 is 5.69 Å². The minimum absolute atomic E-state index is 0.422. The molecule has 0 bridgehead atoms. The number of hydrogen-bond donors (Lipinski definition) is 1. The van der Waals surface area contributed by atoms with Crippen molar-refractivity contribution in [1.82, 2.24) is 0 Å². The maximum absolute atomic E-state index is 6.11. The lowest BCUT2D eigenvalue weighted by atomic mass is 9.88. The second-order valence-corrected chi connectivity index (χ2v) is 7.93. The molecule has 1 N–H and O–H groups in total. The number of methoxy groups -OCH3 is 1. The first kappa shape index (κ1) is 25.8. The van der Waals surface area contributed by atoms with E-state index in [-0.39, 0.29) is 0 Å². The van der Waals surface area contributed by atoms with Crippen LogP contribution in [-0.4, -0.2) is 32.7 Å². The summed E-state index contributed by atoms with van der Waals surface area (Å²) in [6, 6.07) is 8.12. The molecule has 4 heteroatoms. The Morgan fingerprint density at radius 3 is 2.00 bits per heavy atom. The lowest BCUT2D eigenvalue weighted by molar-refractivity contribution is -0.254. The van der Waals surface area contributed by atoms with Crippen molar-refractivity contribution in [2.75, 3.05) is 32.2 Å². The minimum Gasteiger partial charge on any atom is -0.497 e. The van der Waals surface area contributed by atoms with Gasteiger partial charge in [-0.3, -0.25) is 0 Å². The minimum atomic E-state index is -0.479. The Balaban J connectivity index is 2.52. The van der Waals surface area contributed by atoms with E-state index in [9.17, 15) is 0 Å². The first-order valence-electron chi connectivity index (χ1n) is 11.7. The first-order chi connectivity index (χ1) is 14.1. The maximum Gasteiger partial charge on any atom is 0.168 e. The van der Waals surface area contributed by atoms with Gasteiger partial charge < -0.3 is 19.5 Å². The molecule has 0 spiro atoms.